The van der Waals surface area contributed by atoms with E-state index in [4.69, 9.17) is 25.4 Å². The molecule has 0 radical (unpaired) electrons. The minimum atomic E-state index is -0.330. The third-order valence-electron chi connectivity index (χ3n) is 4.44. The summed E-state index contributed by atoms with van der Waals surface area (Å²) in [5, 5.41) is 11.4. The van der Waals surface area contributed by atoms with Gasteiger partial charge in [-0.15, -0.1) is 0 Å². The fourth-order valence-corrected chi connectivity index (χ4v) is 3.13. The predicted molar refractivity (Wildman–Crippen MR) is 83.2 cm³/mol. The maximum atomic E-state index is 8.01. The molecule has 3 aliphatic rings. The van der Waals surface area contributed by atoms with Gasteiger partial charge in [-0.25, -0.2) is 0 Å². The van der Waals surface area contributed by atoms with Crippen LogP contribution in [0.15, 0.2) is 35.4 Å². The summed E-state index contributed by atoms with van der Waals surface area (Å²) in [6.07, 6.45) is 9.09. The van der Waals surface area contributed by atoms with E-state index in [1.54, 1.807) is 19.3 Å². The summed E-state index contributed by atoms with van der Waals surface area (Å²) in [4.78, 5) is 0. The molecule has 0 aromatic rings. The van der Waals surface area contributed by atoms with E-state index in [0.717, 1.165) is 31.3 Å². The number of rotatable bonds is 3. The zero-order valence-electron chi connectivity index (χ0n) is 12.9. The van der Waals surface area contributed by atoms with Gasteiger partial charge in [-0.1, -0.05) is 0 Å². The number of ether oxygens (including phenoxy) is 3. The Kier molecular flexibility index (Phi) is 4.22. The van der Waals surface area contributed by atoms with Crippen LogP contribution in [0.3, 0.4) is 0 Å². The van der Waals surface area contributed by atoms with E-state index in [0.29, 0.717) is 36.4 Å². The van der Waals surface area contributed by atoms with Crippen LogP contribution >= 0.6 is 0 Å². The van der Waals surface area contributed by atoms with Crippen molar-refractivity contribution >= 4 is 5.71 Å². The van der Waals surface area contributed by atoms with E-state index < -0.39 is 0 Å². The highest BCUT2D eigenvalue weighted by atomic mass is 16.7. The summed E-state index contributed by atoms with van der Waals surface area (Å²) >= 11 is 0. The van der Waals surface area contributed by atoms with Crippen molar-refractivity contribution in [2.45, 2.75) is 37.5 Å². The van der Waals surface area contributed by atoms with Crippen LogP contribution in [0.5, 0.6) is 0 Å². The number of allylic oxidation sites excluding steroid dienone is 3. The Balaban J connectivity index is 1.57. The molecule has 6 nitrogen and oxygen atoms in total. The second-order valence-electron chi connectivity index (χ2n) is 5.87. The summed E-state index contributed by atoms with van der Waals surface area (Å²) in [5.74, 6) is 0.209. The van der Waals surface area contributed by atoms with Gasteiger partial charge in [0.25, 0.3) is 0 Å². The fourth-order valence-electron chi connectivity index (χ4n) is 3.13. The molecule has 0 bridgehead atoms. The summed E-state index contributed by atoms with van der Waals surface area (Å²) in [6.45, 7) is 1.41. The lowest BCUT2D eigenvalue weighted by Gasteiger charge is -2.35. The van der Waals surface area contributed by atoms with Crippen LogP contribution in [-0.2, 0) is 14.2 Å². The number of hydrogen-bond donors (Lipinski definition) is 3. The lowest BCUT2D eigenvalue weighted by Crippen LogP contribution is -2.40. The van der Waals surface area contributed by atoms with Crippen molar-refractivity contribution in [1.82, 2.24) is 5.32 Å². The van der Waals surface area contributed by atoms with Crippen LogP contribution in [0.4, 0.5) is 0 Å². The Bertz CT molecular complexity index is 535. The molecule has 1 saturated carbocycles. The molecule has 1 saturated heterocycles. The normalized spacial score (nSPS) is 27.0. The smallest absolute Gasteiger partial charge is 0.168 e. The van der Waals surface area contributed by atoms with Gasteiger partial charge in [0, 0.05) is 36.7 Å². The van der Waals surface area contributed by atoms with Gasteiger partial charge in [0.1, 0.15) is 5.76 Å². The Labute approximate surface area is 130 Å². The van der Waals surface area contributed by atoms with Crippen molar-refractivity contribution in [3.8, 4) is 0 Å². The molecule has 2 fully saturated rings. The van der Waals surface area contributed by atoms with E-state index in [2.05, 4.69) is 5.32 Å². The minimum absolute atomic E-state index is 0.330. The second kappa shape index (κ2) is 6.14. The van der Waals surface area contributed by atoms with Gasteiger partial charge in [0.2, 0.25) is 0 Å². The summed E-state index contributed by atoms with van der Waals surface area (Å²) in [5.41, 5.74) is 7.61. The highest BCUT2D eigenvalue weighted by Gasteiger charge is 2.40. The predicted octanol–water partition coefficient (Wildman–Crippen LogP) is 1.55. The zero-order valence-corrected chi connectivity index (χ0v) is 12.9. The molecule has 22 heavy (non-hydrogen) atoms. The van der Waals surface area contributed by atoms with Crippen molar-refractivity contribution in [3.63, 3.8) is 0 Å². The van der Waals surface area contributed by atoms with Crippen molar-refractivity contribution in [1.29, 1.82) is 5.41 Å². The zero-order chi connectivity index (χ0) is 15.6. The van der Waals surface area contributed by atoms with Crippen LogP contribution < -0.4 is 11.1 Å². The maximum absolute atomic E-state index is 8.01. The first-order valence-electron chi connectivity index (χ1n) is 7.68. The second-order valence-corrected chi connectivity index (χ2v) is 5.87. The molecule has 1 heterocycles. The quantitative estimate of drug-likeness (QED) is 0.736. The van der Waals surface area contributed by atoms with Crippen LogP contribution in [-0.4, -0.2) is 37.9 Å². The van der Waals surface area contributed by atoms with Gasteiger partial charge in [0.05, 0.1) is 31.7 Å². The van der Waals surface area contributed by atoms with E-state index in [1.807, 2.05) is 6.20 Å². The van der Waals surface area contributed by atoms with E-state index >= 15 is 0 Å². The lowest BCUT2D eigenvalue weighted by atomic mass is 9.90. The molecule has 0 aromatic heterocycles. The molecule has 1 aliphatic heterocycles. The standard InChI is InChI=1S/C16H23N3O3/c1-20-15-9-13(17)11(8-14(15)18)10-19-12-2-4-16(5-3-12)21-6-7-22-16/h8-10,12,17,19H,2-7,18H2,1H3/b11-10-,17-13?. The Morgan fingerprint density at radius 1 is 1.32 bits per heavy atom. The SMILES string of the molecule is COC1=CC(=N)/C(=C\NC2CCC3(CC2)OCCO3)C=C1N. The van der Waals surface area contributed by atoms with E-state index in [-0.39, 0.29) is 5.79 Å². The van der Waals surface area contributed by atoms with Gasteiger partial charge >= 0.3 is 0 Å². The van der Waals surface area contributed by atoms with Crippen LogP contribution in [0.2, 0.25) is 0 Å². The molecule has 0 atom stereocenters. The third-order valence-corrected chi connectivity index (χ3v) is 4.44. The number of methoxy groups -OCH3 is 1. The highest BCUT2D eigenvalue weighted by molar-refractivity contribution is 6.10. The summed E-state index contributed by atoms with van der Waals surface area (Å²) in [6, 6.07) is 0.376. The molecule has 1 spiro atoms. The molecule has 6 heteroatoms. The average molecular weight is 305 g/mol. The van der Waals surface area contributed by atoms with Crippen molar-refractivity contribution in [3.05, 3.63) is 35.4 Å². The molecule has 2 aliphatic carbocycles. The first-order valence-corrected chi connectivity index (χ1v) is 7.68. The first kappa shape index (κ1) is 15.1. The monoisotopic (exact) mass is 305 g/mol. The molecule has 120 valence electrons. The van der Waals surface area contributed by atoms with Gasteiger partial charge in [-0.3, -0.25) is 0 Å². The van der Waals surface area contributed by atoms with Crippen LogP contribution in [0.1, 0.15) is 25.7 Å². The molecular formula is C16H23N3O3. The minimum Gasteiger partial charge on any atom is -0.495 e. The number of nitrogens with two attached hydrogens (primary N) is 1. The first-order chi connectivity index (χ1) is 10.6. The molecule has 0 unspecified atom stereocenters. The van der Waals surface area contributed by atoms with Gasteiger partial charge < -0.3 is 30.7 Å². The van der Waals surface area contributed by atoms with Gasteiger partial charge in [-0.2, -0.15) is 0 Å². The van der Waals surface area contributed by atoms with Gasteiger partial charge in [0.15, 0.2) is 5.79 Å². The Morgan fingerprint density at radius 3 is 2.64 bits per heavy atom. The summed E-state index contributed by atoms with van der Waals surface area (Å²) in [7, 11) is 1.55. The molecular weight excluding hydrogens is 282 g/mol. The summed E-state index contributed by atoms with van der Waals surface area (Å²) < 4.78 is 16.6. The Hall–Kier alpha value is -1.79. The van der Waals surface area contributed by atoms with Crippen LogP contribution in [0, 0.1) is 5.41 Å². The van der Waals surface area contributed by atoms with E-state index in [9.17, 15) is 0 Å². The maximum Gasteiger partial charge on any atom is 0.168 e. The van der Waals surface area contributed by atoms with Crippen molar-refractivity contribution in [2.24, 2.45) is 5.73 Å². The fraction of sp³-hybridized carbons (Fsp3) is 0.562. The highest BCUT2D eigenvalue weighted by Crippen LogP contribution is 2.35. The van der Waals surface area contributed by atoms with Crippen molar-refractivity contribution in [2.75, 3.05) is 20.3 Å². The molecule has 3 rings (SSSR count). The Morgan fingerprint density at radius 2 is 2.00 bits per heavy atom. The van der Waals surface area contributed by atoms with Gasteiger partial charge in [-0.05, 0) is 18.9 Å². The van der Waals surface area contributed by atoms with E-state index in [1.165, 1.54) is 0 Å². The average Bonchev–Trinajstić information content (AvgIpc) is 2.98. The topological polar surface area (TPSA) is 89.6 Å². The largest absolute Gasteiger partial charge is 0.495 e. The third kappa shape index (κ3) is 3.03. The molecule has 4 N–H and O–H groups in total. The lowest BCUT2D eigenvalue weighted by molar-refractivity contribution is -0.179. The van der Waals surface area contributed by atoms with Crippen LogP contribution in [0.25, 0.3) is 0 Å². The molecule has 0 amide bonds. The van der Waals surface area contributed by atoms with Crippen molar-refractivity contribution < 1.29 is 14.2 Å². The molecule has 0 aromatic carbocycles. The number of nitrogens with one attached hydrogen (secondary N) is 2. The number of hydrogen-bond acceptors (Lipinski definition) is 6.